The minimum atomic E-state index is -0.0523. The molecule has 1 aliphatic heterocycles. The molecule has 1 aliphatic carbocycles. The van der Waals surface area contributed by atoms with E-state index in [0.717, 1.165) is 23.7 Å². The maximum absolute atomic E-state index is 13.1. The molecule has 0 bridgehead atoms. The van der Waals surface area contributed by atoms with Gasteiger partial charge in [0.05, 0.1) is 11.5 Å². The summed E-state index contributed by atoms with van der Waals surface area (Å²) < 4.78 is 0. The summed E-state index contributed by atoms with van der Waals surface area (Å²) in [6, 6.07) is 8.44. The number of hydrogen-bond acceptors (Lipinski definition) is 2. The summed E-state index contributed by atoms with van der Waals surface area (Å²) in [5.41, 5.74) is 1.67. The lowest BCUT2D eigenvalue weighted by atomic mass is 9.90. The van der Waals surface area contributed by atoms with Crippen LogP contribution in [0.15, 0.2) is 30.5 Å². The normalized spacial score (nSPS) is 18.7. The quantitative estimate of drug-likeness (QED) is 0.893. The number of nitrogens with one attached hydrogen (secondary N) is 1. The minimum absolute atomic E-state index is 0.0188. The van der Waals surface area contributed by atoms with Crippen molar-refractivity contribution < 1.29 is 9.59 Å². The van der Waals surface area contributed by atoms with Gasteiger partial charge in [-0.05, 0) is 32.8 Å². The summed E-state index contributed by atoms with van der Waals surface area (Å²) in [7, 11) is 0. The molecule has 144 valence electrons. The van der Waals surface area contributed by atoms with Crippen LogP contribution in [0.2, 0.25) is 0 Å². The van der Waals surface area contributed by atoms with E-state index in [9.17, 15) is 9.59 Å². The van der Waals surface area contributed by atoms with Crippen LogP contribution < -0.4 is 0 Å². The second kappa shape index (κ2) is 7.37. The van der Waals surface area contributed by atoms with Gasteiger partial charge in [0.15, 0.2) is 0 Å². The third-order valence-corrected chi connectivity index (χ3v) is 6.12. The lowest BCUT2D eigenvalue weighted by molar-refractivity contribution is -0.145. The van der Waals surface area contributed by atoms with Gasteiger partial charge in [-0.1, -0.05) is 37.5 Å². The van der Waals surface area contributed by atoms with Gasteiger partial charge in [-0.25, -0.2) is 0 Å². The van der Waals surface area contributed by atoms with Gasteiger partial charge in [-0.2, -0.15) is 0 Å². The van der Waals surface area contributed by atoms with Crippen LogP contribution >= 0.6 is 0 Å². The van der Waals surface area contributed by atoms with Crippen molar-refractivity contribution in [1.82, 2.24) is 14.8 Å². The SMILES string of the molecule is CC(C)N(C(=O)C1CN(C(=O)c2c[nH]c3ccccc23)C1)C1CCCCC1. The summed E-state index contributed by atoms with van der Waals surface area (Å²) in [5, 5.41) is 0.947. The van der Waals surface area contributed by atoms with Crippen LogP contribution in [0.25, 0.3) is 10.9 Å². The fraction of sp³-hybridized carbons (Fsp3) is 0.545. The predicted molar refractivity (Wildman–Crippen MR) is 107 cm³/mol. The van der Waals surface area contributed by atoms with E-state index in [4.69, 9.17) is 0 Å². The number of carbonyl (C=O) groups excluding carboxylic acids is 2. The van der Waals surface area contributed by atoms with Crippen LogP contribution in [0, 0.1) is 5.92 Å². The minimum Gasteiger partial charge on any atom is -0.360 e. The van der Waals surface area contributed by atoms with E-state index in [1.807, 2.05) is 24.3 Å². The topological polar surface area (TPSA) is 56.4 Å². The number of carbonyl (C=O) groups is 2. The van der Waals surface area contributed by atoms with E-state index < -0.39 is 0 Å². The Morgan fingerprint density at radius 3 is 2.52 bits per heavy atom. The number of hydrogen-bond donors (Lipinski definition) is 1. The molecule has 5 heteroatoms. The second-order valence-corrected chi connectivity index (χ2v) is 8.29. The van der Waals surface area contributed by atoms with E-state index in [1.54, 1.807) is 11.1 Å². The van der Waals surface area contributed by atoms with Crippen LogP contribution in [0.5, 0.6) is 0 Å². The standard InChI is InChI=1S/C22H29N3O2/c1-15(2)25(17-8-4-3-5-9-17)21(26)16-13-24(14-16)22(27)19-12-23-20-11-7-6-10-18(19)20/h6-7,10-12,15-17,23H,3-5,8-9,13-14H2,1-2H3. The Hall–Kier alpha value is -2.30. The first kappa shape index (κ1) is 18.1. The lowest BCUT2D eigenvalue weighted by Gasteiger charge is -2.44. The highest BCUT2D eigenvalue weighted by molar-refractivity contribution is 6.07. The van der Waals surface area contributed by atoms with Crippen LogP contribution in [0.4, 0.5) is 0 Å². The smallest absolute Gasteiger partial charge is 0.256 e. The van der Waals surface area contributed by atoms with E-state index in [0.29, 0.717) is 24.7 Å². The zero-order chi connectivity index (χ0) is 19.0. The molecule has 2 amide bonds. The second-order valence-electron chi connectivity index (χ2n) is 8.29. The fourth-order valence-corrected chi connectivity index (χ4v) is 4.65. The summed E-state index contributed by atoms with van der Waals surface area (Å²) in [6.45, 7) is 5.29. The van der Waals surface area contributed by atoms with Crippen LogP contribution in [0.1, 0.15) is 56.3 Å². The zero-order valence-electron chi connectivity index (χ0n) is 16.3. The Balaban J connectivity index is 1.42. The van der Waals surface area contributed by atoms with E-state index >= 15 is 0 Å². The number of aromatic amines is 1. The molecule has 2 aliphatic rings. The molecule has 1 saturated carbocycles. The molecular weight excluding hydrogens is 338 g/mol. The number of rotatable bonds is 4. The summed E-state index contributed by atoms with van der Waals surface area (Å²) in [4.78, 5) is 33.0. The number of fused-ring (bicyclic) bond motifs is 1. The summed E-state index contributed by atoms with van der Waals surface area (Å²) in [5.74, 6) is 0.202. The number of nitrogens with zero attached hydrogens (tertiary/aromatic N) is 2. The Kier molecular flexibility index (Phi) is 4.94. The number of H-pyrrole nitrogens is 1. The molecule has 0 atom stereocenters. The highest BCUT2D eigenvalue weighted by Gasteiger charge is 2.41. The Morgan fingerprint density at radius 1 is 1.11 bits per heavy atom. The Morgan fingerprint density at radius 2 is 1.81 bits per heavy atom. The predicted octanol–water partition coefficient (Wildman–Crippen LogP) is 3.81. The van der Waals surface area contributed by atoms with Crippen molar-refractivity contribution in [3.63, 3.8) is 0 Å². The highest BCUT2D eigenvalue weighted by Crippen LogP contribution is 2.29. The molecule has 1 N–H and O–H groups in total. The molecule has 0 radical (unpaired) electrons. The van der Waals surface area contributed by atoms with Crippen molar-refractivity contribution in [3.8, 4) is 0 Å². The van der Waals surface area contributed by atoms with Gasteiger partial charge in [0.1, 0.15) is 0 Å². The molecule has 1 aromatic heterocycles. The van der Waals surface area contributed by atoms with Crippen LogP contribution in [0.3, 0.4) is 0 Å². The van der Waals surface area contributed by atoms with Crippen LogP contribution in [-0.4, -0.2) is 51.8 Å². The molecule has 2 heterocycles. The largest absolute Gasteiger partial charge is 0.360 e. The molecular formula is C22H29N3O2. The average Bonchev–Trinajstić information content (AvgIpc) is 3.05. The number of para-hydroxylation sites is 1. The molecule has 1 aromatic carbocycles. The van der Waals surface area contributed by atoms with Gasteiger partial charge in [-0.3, -0.25) is 9.59 Å². The van der Waals surface area contributed by atoms with Gasteiger partial charge >= 0.3 is 0 Å². The van der Waals surface area contributed by atoms with Crippen molar-refractivity contribution in [2.24, 2.45) is 5.92 Å². The Bertz CT molecular complexity index is 829. The van der Waals surface area contributed by atoms with Crippen LogP contribution in [-0.2, 0) is 4.79 Å². The maximum Gasteiger partial charge on any atom is 0.256 e. The molecule has 0 spiro atoms. The molecule has 2 aromatic rings. The third kappa shape index (κ3) is 3.35. The van der Waals surface area contributed by atoms with E-state index in [2.05, 4.69) is 23.7 Å². The number of amides is 2. The van der Waals surface area contributed by atoms with Crippen molar-refractivity contribution in [2.75, 3.05) is 13.1 Å². The van der Waals surface area contributed by atoms with Crippen molar-refractivity contribution in [2.45, 2.75) is 58.0 Å². The average molecular weight is 367 g/mol. The Labute approximate surface area is 160 Å². The number of aromatic nitrogens is 1. The fourth-order valence-electron chi connectivity index (χ4n) is 4.65. The van der Waals surface area contributed by atoms with Gasteiger partial charge in [-0.15, -0.1) is 0 Å². The highest BCUT2D eigenvalue weighted by atomic mass is 16.2. The monoisotopic (exact) mass is 367 g/mol. The van der Waals surface area contributed by atoms with Gasteiger partial charge in [0.25, 0.3) is 5.91 Å². The number of benzene rings is 1. The molecule has 1 saturated heterocycles. The van der Waals surface area contributed by atoms with Crippen molar-refractivity contribution >= 4 is 22.7 Å². The summed E-state index contributed by atoms with van der Waals surface area (Å²) in [6.07, 6.45) is 7.74. The summed E-state index contributed by atoms with van der Waals surface area (Å²) >= 11 is 0. The van der Waals surface area contributed by atoms with Gasteiger partial charge < -0.3 is 14.8 Å². The number of likely N-dealkylation sites (tertiary alicyclic amines) is 1. The van der Waals surface area contributed by atoms with Crippen molar-refractivity contribution in [1.29, 1.82) is 0 Å². The van der Waals surface area contributed by atoms with E-state index in [-0.39, 0.29) is 23.8 Å². The van der Waals surface area contributed by atoms with Crippen molar-refractivity contribution in [3.05, 3.63) is 36.0 Å². The van der Waals surface area contributed by atoms with Gasteiger partial charge in [0, 0.05) is 42.3 Å². The first-order chi connectivity index (χ1) is 13.1. The first-order valence-electron chi connectivity index (χ1n) is 10.2. The zero-order valence-corrected chi connectivity index (χ0v) is 16.3. The molecule has 2 fully saturated rings. The molecule has 0 unspecified atom stereocenters. The maximum atomic E-state index is 13.1. The third-order valence-electron chi connectivity index (χ3n) is 6.12. The van der Waals surface area contributed by atoms with E-state index in [1.165, 1.54) is 19.3 Å². The first-order valence-corrected chi connectivity index (χ1v) is 10.2. The lowest BCUT2D eigenvalue weighted by Crippen LogP contribution is -2.59. The molecule has 4 rings (SSSR count). The molecule has 27 heavy (non-hydrogen) atoms. The van der Waals surface area contributed by atoms with Gasteiger partial charge in [0.2, 0.25) is 5.91 Å². The molecule has 5 nitrogen and oxygen atoms in total.